The van der Waals surface area contributed by atoms with Gasteiger partial charge in [-0.1, -0.05) is 12.1 Å². The Hall–Kier alpha value is -3.06. The van der Waals surface area contributed by atoms with Gasteiger partial charge in [-0.15, -0.1) is 11.3 Å². The summed E-state index contributed by atoms with van der Waals surface area (Å²) in [6.45, 7) is 3.06. The van der Waals surface area contributed by atoms with Crippen LogP contribution in [0.5, 0.6) is 17.2 Å². The molecule has 2 heterocycles. The number of carbonyl (C=O) groups is 1. The third-order valence-electron chi connectivity index (χ3n) is 4.41. The smallest absolute Gasteiger partial charge is 0.230 e. The number of anilines is 1. The van der Waals surface area contributed by atoms with Crippen LogP contribution in [0.15, 0.2) is 41.8 Å². The van der Waals surface area contributed by atoms with Crippen LogP contribution in [-0.2, 0) is 11.2 Å². The number of amides is 1. The number of hydrogen-bond donors (Lipinski definition) is 1. The molecule has 0 aliphatic carbocycles. The molecule has 144 valence electrons. The third-order valence-corrected chi connectivity index (χ3v) is 5.17. The summed E-state index contributed by atoms with van der Waals surface area (Å²) < 4.78 is 16.4. The van der Waals surface area contributed by atoms with Crippen LogP contribution >= 0.6 is 11.3 Å². The lowest BCUT2D eigenvalue weighted by molar-refractivity contribution is -0.115. The van der Waals surface area contributed by atoms with Crippen LogP contribution in [-0.4, -0.2) is 31.2 Å². The molecule has 0 radical (unpaired) electrons. The lowest BCUT2D eigenvalue weighted by atomic mass is 10.1. The normalized spacial score (nSPS) is 12.5. The van der Waals surface area contributed by atoms with Crippen LogP contribution in [0, 0.1) is 6.92 Å². The number of aromatic nitrogens is 1. The van der Waals surface area contributed by atoms with E-state index < -0.39 is 0 Å². The minimum Gasteiger partial charge on any atom is -0.496 e. The number of methoxy groups -OCH3 is 1. The van der Waals surface area contributed by atoms with Crippen LogP contribution in [0.25, 0.3) is 11.3 Å². The molecule has 1 amide bonds. The zero-order valence-corrected chi connectivity index (χ0v) is 16.5. The van der Waals surface area contributed by atoms with Crippen molar-refractivity contribution in [3.05, 3.63) is 52.9 Å². The zero-order chi connectivity index (χ0) is 19.5. The molecule has 0 unspecified atom stereocenters. The van der Waals surface area contributed by atoms with Gasteiger partial charge in [0.15, 0.2) is 16.6 Å². The van der Waals surface area contributed by atoms with Crippen molar-refractivity contribution in [1.82, 2.24) is 4.98 Å². The quantitative estimate of drug-likeness (QED) is 0.704. The standard InChI is InChI=1S/C21H20N2O4S/c1-13-9-14(3-5-17(13)25-2)10-20(24)23-21-22-16(12-28-21)15-4-6-18-19(11-15)27-8-7-26-18/h3-6,9,11-12H,7-8,10H2,1-2H3,(H,22,23,24). The highest BCUT2D eigenvalue weighted by atomic mass is 32.1. The lowest BCUT2D eigenvalue weighted by Crippen LogP contribution is -2.15. The number of benzene rings is 2. The van der Waals surface area contributed by atoms with E-state index >= 15 is 0 Å². The number of nitrogens with one attached hydrogen (secondary N) is 1. The Bertz CT molecular complexity index is 1020. The van der Waals surface area contributed by atoms with Gasteiger partial charge in [-0.05, 0) is 42.3 Å². The van der Waals surface area contributed by atoms with Gasteiger partial charge < -0.3 is 19.5 Å². The maximum atomic E-state index is 12.4. The maximum Gasteiger partial charge on any atom is 0.230 e. The molecule has 1 N–H and O–H groups in total. The number of thiazole rings is 1. The summed E-state index contributed by atoms with van der Waals surface area (Å²) in [7, 11) is 1.64. The van der Waals surface area contributed by atoms with Crippen molar-refractivity contribution in [1.29, 1.82) is 0 Å². The van der Waals surface area contributed by atoms with E-state index in [4.69, 9.17) is 14.2 Å². The zero-order valence-electron chi connectivity index (χ0n) is 15.7. The number of rotatable bonds is 5. The molecule has 28 heavy (non-hydrogen) atoms. The molecule has 2 aromatic carbocycles. The van der Waals surface area contributed by atoms with E-state index in [1.54, 1.807) is 7.11 Å². The van der Waals surface area contributed by atoms with Crippen molar-refractivity contribution in [3.63, 3.8) is 0 Å². The van der Waals surface area contributed by atoms with Gasteiger partial charge >= 0.3 is 0 Å². The van der Waals surface area contributed by atoms with Crippen LogP contribution in [0.2, 0.25) is 0 Å². The van der Waals surface area contributed by atoms with Gasteiger partial charge in [0.05, 0.1) is 19.2 Å². The van der Waals surface area contributed by atoms with E-state index in [1.165, 1.54) is 11.3 Å². The predicted octanol–water partition coefficient (Wildman–Crippen LogP) is 4.08. The first-order valence-electron chi connectivity index (χ1n) is 8.91. The minimum atomic E-state index is -0.104. The number of fused-ring (bicyclic) bond motifs is 1. The average molecular weight is 396 g/mol. The second-order valence-corrected chi connectivity index (χ2v) is 7.28. The molecule has 4 rings (SSSR count). The van der Waals surface area contributed by atoms with E-state index in [1.807, 2.05) is 48.7 Å². The molecule has 0 saturated heterocycles. The first-order chi connectivity index (χ1) is 13.6. The highest BCUT2D eigenvalue weighted by Crippen LogP contribution is 2.35. The summed E-state index contributed by atoms with van der Waals surface area (Å²) in [5.74, 6) is 2.17. The molecule has 7 heteroatoms. The van der Waals surface area contributed by atoms with Gasteiger partial charge in [-0.3, -0.25) is 4.79 Å². The van der Waals surface area contributed by atoms with Gasteiger partial charge in [0, 0.05) is 10.9 Å². The molecule has 0 atom stereocenters. The molecule has 6 nitrogen and oxygen atoms in total. The van der Waals surface area contributed by atoms with E-state index in [2.05, 4.69) is 10.3 Å². The molecule has 0 bridgehead atoms. The highest BCUT2D eigenvalue weighted by Gasteiger charge is 2.14. The van der Waals surface area contributed by atoms with Crippen LogP contribution in [0.4, 0.5) is 5.13 Å². The summed E-state index contributed by atoms with van der Waals surface area (Å²) in [6, 6.07) is 11.5. The predicted molar refractivity (Wildman–Crippen MR) is 109 cm³/mol. The van der Waals surface area contributed by atoms with Crippen molar-refractivity contribution in [3.8, 4) is 28.5 Å². The Labute approximate surface area is 167 Å². The van der Waals surface area contributed by atoms with Gasteiger partial charge in [-0.25, -0.2) is 4.98 Å². The largest absolute Gasteiger partial charge is 0.496 e. The highest BCUT2D eigenvalue weighted by molar-refractivity contribution is 7.14. The second kappa shape index (κ2) is 7.90. The van der Waals surface area contributed by atoms with Crippen LogP contribution in [0.1, 0.15) is 11.1 Å². The van der Waals surface area contributed by atoms with E-state index in [0.717, 1.165) is 39.6 Å². The molecule has 0 spiro atoms. The van der Waals surface area contributed by atoms with Gasteiger partial charge in [0.1, 0.15) is 19.0 Å². The van der Waals surface area contributed by atoms with Crippen molar-refractivity contribution >= 4 is 22.4 Å². The molecular formula is C21H20N2O4S. The Morgan fingerprint density at radius 3 is 2.79 bits per heavy atom. The number of nitrogens with zero attached hydrogens (tertiary/aromatic N) is 1. The number of carbonyl (C=O) groups excluding carboxylic acids is 1. The monoisotopic (exact) mass is 396 g/mol. The summed E-state index contributed by atoms with van der Waals surface area (Å²) in [6.07, 6.45) is 0.282. The topological polar surface area (TPSA) is 69.7 Å². The fourth-order valence-electron chi connectivity index (χ4n) is 3.07. The summed E-state index contributed by atoms with van der Waals surface area (Å²) in [5, 5.41) is 5.36. The number of hydrogen-bond acceptors (Lipinski definition) is 6. The summed E-state index contributed by atoms with van der Waals surface area (Å²) >= 11 is 1.39. The SMILES string of the molecule is COc1ccc(CC(=O)Nc2nc(-c3ccc4c(c3)OCCO4)cs2)cc1C. The fourth-order valence-corrected chi connectivity index (χ4v) is 3.80. The second-order valence-electron chi connectivity index (χ2n) is 6.43. The lowest BCUT2D eigenvalue weighted by Gasteiger charge is -2.18. The first-order valence-corrected chi connectivity index (χ1v) is 9.79. The van der Waals surface area contributed by atoms with E-state index in [0.29, 0.717) is 18.3 Å². The molecule has 1 aliphatic rings. The maximum absolute atomic E-state index is 12.4. The molecule has 0 saturated carbocycles. The molecule has 1 aromatic heterocycles. The van der Waals surface area contributed by atoms with Crippen molar-refractivity contribution < 1.29 is 19.0 Å². The van der Waals surface area contributed by atoms with Crippen LogP contribution in [0.3, 0.4) is 0 Å². The van der Waals surface area contributed by atoms with E-state index in [-0.39, 0.29) is 12.3 Å². The Kier molecular flexibility index (Phi) is 5.16. The van der Waals surface area contributed by atoms with Crippen molar-refractivity contribution in [2.45, 2.75) is 13.3 Å². The third kappa shape index (κ3) is 3.94. The van der Waals surface area contributed by atoms with Crippen LogP contribution < -0.4 is 19.5 Å². The number of aryl methyl sites for hydroxylation is 1. The Balaban J connectivity index is 1.43. The minimum absolute atomic E-state index is 0.104. The van der Waals surface area contributed by atoms with Gasteiger partial charge in [0.25, 0.3) is 0 Å². The molecule has 1 aliphatic heterocycles. The first kappa shape index (κ1) is 18.3. The molecular weight excluding hydrogens is 376 g/mol. The van der Waals surface area contributed by atoms with Gasteiger partial charge in [0.2, 0.25) is 5.91 Å². The summed E-state index contributed by atoms with van der Waals surface area (Å²) in [5.41, 5.74) is 3.65. The fraction of sp³-hybridized carbons (Fsp3) is 0.238. The van der Waals surface area contributed by atoms with Crippen molar-refractivity contribution in [2.75, 3.05) is 25.6 Å². The Morgan fingerprint density at radius 1 is 1.18 bits per heavy atom. The molecule has 0 fully saturated rings. The van der Waals surface area contributed by atoms with E-state index in [9.17, 15) is 4.79 Å². The van der Waals surface area contributed by atoms with Gasteiger partial charge in [-0.2, -0.15) is 0 Å². The molecule has 3 aromatic rings. The number of ether oxygens (including phenoxy) is 3. The Morgan fingerprint density at radius 2 is 2.00 bits per heavy atom. The average Bonchev–Trinajstić information content (AvgIpc) is 3.16. The van der Waals surface area contributed by atoms with Crippen molar-refractivity contribution in [2.24, 2.45) is 0 Å². The summed E-state index contributed by atoms with van der Waals surface area (Å²) in [4.78, 5) is 16.9.